The molecule has 0 aliphatic heterocycles. The number of carbonyl (C=O) groups excluding carboxylic acids is 1. The highest BCUT2D eigenvalue weighted by Crippen LogP contribution is 2.11. The molecule has 0 aromatic heterocycles. The minimum Gasteiger partial charge on any atom is -0.481 e. The summed E-state index contributed by atoms with van der Waals surface area (Å²) >= 11 is 1.74. The van der Waals surface area contributed by atoms with Crippen LogP contribution in [0.25, 0.3) is 0 Å². The van der Waals surface area contributed by atoms with Gasteiger partial charge < -0.3 is 15.7 Å². The van der Waals surface area contributed by atoms with Crippen LogP contribution in [-0.2, 0) is 11.2 Å². The lowest BCUT2D eigenvalue weighted by Gasteiger charge is -2.08. The molecule has 1 rings (SSSR count). The van der Waals surface area contributed by atoms with Crippen molar-refractivity contribution in [2.75, 3.05) is 23.9 Å². The van der Waals surface area contributed by atoms with E-state index >= 15 is 0 Å². The number of amides is 2. The number of nitrogens with one attached hydrogen (secondary N) is 2. The summed E-state index contributed by atoms with van der Waals surface area (Å²) in [5.74, 6) is 0.118. The van der Waals surface area contributed by atoms with Crippen molar-refractivity contribution in [3.05, 3.63) is 29.8 Å². The number of carboxylic acids is 1. The molecule has 1 aromatic carbocycles. The van der Waals surface area contributed by atoms with E-state index in [0.29, 0.717) is 17.8 Å². The van der Waals surface area contributed by atoms with E-state index in [1.54, 1.807) is 36.0 Å². The van der Waals surface area contributed by atoms with Gasteiger partial charge in [-0.05, 0) is 36.1 Å². The van der Waals surface area contributed by atoms with E-state index in [2.05, 4.69) is 10.6 Å². The van der Waals surface area contributed by atoms with Crippen molar-refractivity contribution in [3.63, 3.8) is 0 Å². The molecule has 6 heteroatoms. The van der Waals surface area contributed by atoms with Gasteiger partial charge in [-0.3, -0.25) is 4.79 Å². The lowest BCUT2D eigenvalue weighted by atomic mass is 10.1. The Morgan fingerprint density at radius 3 is 2.84 bits per heavy atom. The Morgan fingerprint density at radius 2 is 2.16 bits per heavy atom. The number of rotatable bonds is 7. The topological polar surface area (TPSA) is 78.4 Å². The third-order valence-corrected chi connectivity index (χ3v) is 3.05. The number of anilines is 1. The van der Waals surface area contributed by atoms with Gasteiger partial charge in [-0.15, -0.1) is 0 Å². The summed E-state index contributed by atoms with van der Waals surface area (Å²) in [4.78, 5) is 22.2. The predicted octanol–water partition coefficient (Wildman–Crippen LogP) is 2.19. The van der Waals surface area contributed by atoms with E-state index in [4.69, 9.17) is 5.11 Å². The van der Waals surface area contributed by atoms with Crippen LogP contribution in [0.4, 0.5) is 10.5 Å². The van der Waals surface area contributed by atoms with Gasteiger partial charge in [-0.25, -0.2) is 4.79 Å². The maximum atomic E-state index is 11.6. The fraction of sp³-hybridized carbons (Fsp3) is 0.385. The summed E-state index contributed by atoms with van der Waals surface area (Å²) in [6.45, 7) is 0.626. The highest BCUT2D eigenvalue weighted by molar-refractivity contribution is 7.98. The van der Waals surface area contributed by atoms with Crippen LogP contribution >= 0.6 is 11.8 Å². The summed E-state index contributed by atoms with van der Waals surface area (Å²) in [5.41, 5.74) is 1.26. The predicted molar refractivity (Wildman–Crippen MR) is 77.8 cm³/mol. The second kappa shape index (κ2) is 8.42. The van der Waals surface area contributed by atoms with Crippen LogP contribution < -0.4 is 10.6 Å². The first kappa shape index (κ1) is 15.4. The van der Waals surface area contributed by atoms with Crippen LogP contribution in [0.3, 0.4) is 0 Å². The fourth-order valence-electron chi connectivity index (χ4n) is 1.53. The quantitative estimate of drug-likeness (QED) is 0.670. The molecule has 2 amide bonds. The van der Waals surface area contributed by atoms with E-state index in [1.165, 1.54) is 0 Å². The third-order valence-electron chi connectivity index (χ3n) is 2.35. The zero-order valence-electron chi connectivity index (χ0n) is 10.8. The lowest BCUT2D eigenvalue weighted by Crippen LogP contribution is -2.29. The Kier molecular flexibility index (Phi) is 6.81. The van der Waals surface area contributed by atoms with E-state index < -0.39 is 5.97 Å². The smallest absolute Gasteiger partial charge is 0.319 e. The highest BCUT2D eigenvalue weighted by Gasteiger charge is 2.04. The summed E-state index contributed by atoms with van der Waals surface area (Å²) in [5, 5.41) is 14.1. The molecule has 0 saturated carbocycles. The molecule has 0 spiro atoms. The molecule has 0 heterocycles. The van der Waals surface area contributed by atoms with Crippen LogP contribution in [0.2, 0.25) is 0 Å². The number of thioether (sulfide) groups is 1. The van der Waals surface area contributed by atoms with Gasteiger partial charge in [0.25, 0.3) is 0 Å². The summed E-state index contributed by atoms with van der Waals surface area (Å²) < 4.78 is 0. The standard InChI is InChI=1S/C13H18N2O3S/c1-19-7-3-6-14-13(18)15-11-5-2-4-10(8-11)9-12(16)17/h2,4-5,8H,3,6-7,9H2,1H3,(H,16,17)(H2,14,15,18). The maximum Gasteiger partial charge on any atom is 0.319 e. The first-order valence-electron chi connectivity index (χ1n) is 5.96. The van der Waals surface area contributed by atoms with Crippen molar-refractivity contribution in [3.8, 4) is 0 Å². The summed E-state index contributed by atoms with van der Waals surface area (Å²) in [6.07, 6.45) is 2.90. The minimum absolute atomic E-state index is 0.0507. The fourth-order valence-corrected chi connectivity index (χ4v) is 1.96. The zero-order chi connectivity index (χ0) is 14.1. The SMILES string of the molecule is CSCCCNC(=O)Nc1cccc(CC(=O)O)c1. The Labute approximate surface area is 116 Å². The molecule has 0 aliphatic carbocycles. The Hall–Kier alpha value is -1.69. The normalized spacial score (nSPS) is 9.95. The van der Waals surface area contributed by atoms with Crippen molar-refractivity contribution in [2.45, 2.75) is 12.8 Å². The van der Waals surface area contributed by atoms with Gasteiger partial charge in [0.2, 0.25) is 0 Å². The second-order valence-electron chi connectivity index (χ2n) is 4.00. The molecule has 3 N–H and O–H groups in total. The van der Waals surface area contributed by atoms with Crippen LogP contribution in [0, 0.1) is 0 Å². The van der Waals surface area contributed by atoms with Gasteiger partial charge in [0, 0.05) is 12.2 Å². The molecule has 0 saturated heterocycles. The molecule has 5 nitrogen and oxygen atoms in total. The Balaban J connectivity index is 2.43. The van der Waals surface area contributed by atoms with Gasteiger partial charge in [-0.1, -0.05) is 12.1 Å². The highest BCUT2D eigenvalue weighted by atomic mass is 32.2. The van der Waals surface area contributed by atoms with Crippen LogP contribution in [0.1, 0.15) is 12.0 Å². The van der Waals surface area contributed by atoms with Crippen LogP contribution in [-0.4, -0.2) is 35.7 Å². The second-order valence-corrected chi connectivity index (χ2v) is 4.98. The number of benzene rings is 1. The van der Waals surface area contributed by atoms with Crippen molar-refractivity contribution >= 4 is 29.4 Å². The molecule has 0 fully saturated rings. The molecule has 104 valence electrons. The molecular weight excluding hydrogens is 264 g/mol. The maximum absolute atomic E-state index is 11.6. The van der Waals surface area contributed by atoms with Crippen molar-refractivity contribution < 1.29 is 14.7 Å². The summed E-state index contributed by atoms with van der Waals surface area (Å²) in [6, 6.07) is 6.56. The Morgan fingerprint density at radius 1 is 1.37 bits per heavy atom. The lowest BCUT2D eigenvalue weighted by molar-refractivity contribution is -0.136. The van der Waals surface area contributed by atoms with E-state index in [9.17, 15) is 9.59 Å². The van der Waals surface area contributed by atoms with Crippen LogP contribution in [0.5, 0.6) is 0 Å². The average Bonchev–Trinajstić information content (AvgIpc) is 2.34. The number of urea groups is 1. The number of carbonyl (C=O) groups is 2. The molecule has 0 atom stereocenters. The monoisotopic (exact) mass is 282 g/mol. The Bertz CT molecular complexity index is 438. The van der Waals surface area contributed by atoms with E-state index in [0.717, 1.165) is 12.2 Å². The minimum atomic E-state index is -0.890. The number of hydrogen-bond donors (Lipinski definition) is 3. The first-order valence-corrected chi connectivity index (χ1v) is 7.35. The zero-order valence-corrected chi connectivity index (χ0v) is 11.6. The van der Waals surface area contributed by atoms with Gasteiger partial charge in [-0.2, -0.15) is 11.8 Å². The number of carboxylic acid groups (broad SMARTS) is 1. The van der Waals surface area contributed by atoms with Gasteiger partial charge in [0.1, 0.15) is 0 Å². The molecule has 19 heavy (non-hydrogen) atoms. The van der Waals surface area contributed by atoms with E-state index in [1.807, 2.05) is 6.26 Å². The van der Waals surface area contributed by atoms with Crippen molar-refractivity contribution in [1.82, 2.24) is 5.32 Å². The van der Waals surface area contributed by atoms with E-state index in [-0.39, 0.29) is 12.5 Å². The molecule has 1 aromatic rings. The van der Waals surface area contributed by atoms with Gasteiger partial charge in [0.05, 0.1) is 6.42 Å². The number of hydrogen-bond acceptors (Lipinski definition) is 3. The molecule has 0 unspecified atom stereocenters. The largest absolute Gasteiger partial charge is 0.481 e. The average molecular weight is 282 g/mol. The third kappa shape index (κ3) is 6.71. The van der Waals surface area contributed by atoms with Crippen molar-refractivity contribution in [1.29, 1.82) is 0 Å². The van der Waals surface area contributed by atoms with Crippen LogP contribution in [0.15, 0.2) is 24.3 Å². The molecule has 0 bridgehead atoms. The molecule has 0 radical (unpaired) electrons. The summed E-state index contributed by atoms with van der Waals surface area (Å²) in [7, 11) is 0. The molecular formula is C13H18N2O3S. The number of aliphatic carboxylic acids is 1. The first-order chi connectivity index (χ1) is 9.11. The molecule has 0 aliphatic rings. The van der Waals surface area contributed by atoms with Crippen molar-refractivity contribution in [2.24, 2.45) is 0 Å². The van der Waals surface area contributed by atoms with Gasteiger partial charge >= 0.3 is 12.0 Å². The van der Waals surface area contributed by atoms with Gasteiger partial charge in [0.15, 0.2) is 0 Å².